The number of aromatic hydroxyl groups is 2. The average Bonchev–Trinajstić information content (AvgIpc) is 2.67. The van der Waals surface area contributed by atoms with Crippen LogP contribution in [-0.4, -0.2) is 16.0 Å². The van der Waals surface area contributed by atoms with Crippen molar-refractivity contribution in [2.45, 2.75) is 52.6 Å². The normalized spacial score (nSPS) is 16.2. The molecular weight excluding hydrogens is 364 g/mol. The summed E-state index contributed by atoms with van der Waals surface area (Å²) in [7, 11) is 0. The molecule has 0 unspecified atom stereocenters. The quantitative estimate of drug-likeness (QED) is 0.588. The van der Waals surface area contributed by atoms with Gasteiger partial charge >= 0.3 is 0 Å². The molecule has 4 nitrogen and oxygen atoms in total. The lowest BCUT2D eigenvalue weighted by molar-refractivity contribution is 0.0847. The smallest absolute Gasteiger partial charge is 0.170 e. The number of carbonyl (C=O) groups excluding carboxylic acids is 1. The van der Waals surface area contributed by atoms with Crippen LogP contribution in [0.25, 0.3) is 0 Å². The van der Waals surface area contributed by atoms with Crippen LogP contribution in [0, 0.1) is 0 Å². The number of allylic oxidation sites excluding steroid dienone is 4. The van der Waals surface area contributed by atoms with E-state index < -0.39 is 6.10 Å². The number of phenols is 2. The number of fused-ring (bicyclic) bond motifs is 1. The largest absolute Gasteiger partial charge is 0.508 e. The maximum Gasteiger partial charge on any atom is 0.170 e. The number of ether oxygens (including phenoxy) is 1. The number of ketones is 1. The zero-order valence-corrected chi connectivity index (χ0v) is 17.2. The number of benzene rings is 2. The van der Waals surface area contributed by atoms with Gasteiger partial charge in [0, 0.05) is 5.56 Å². The van der Waals surface area contributed by atoms with Crippen molar-refractivity contribution in [3.05, 3.63) is 76.4 Å². The van der Waals surface area contributed by atoms with E-state index in [1.165, 1.54) is 11.1 Å². The van der Waals surface area contributed by atoms with Crippen LogP contribution in [0.5, 0.6) is 17.2 Å². The van der Waals surface area contributed by atoms with E-state index in [9.17, 15) is 15.0 Å². The molecular formula is C25H28O4. The monoisotopic (exact) mass is 392 g/mol. The molecule has 0 saturated carbocycles. The number of phenolic OH excluding ortho intramolecular Hbond substituents is 2. The molecule has 1 aliphatic rings. The predicted molar refractivity (Wildman–Crippen MR) is 115 cm³/mol. The standard InChI is InChI=1S/C25H28O4/c1-16(2)5-4-6-17(3)7-12-20-22(27)14-13-21-23(28)15-24(29-25(20)21)18-8-10-19(26)11-9-18/h5,7-11,13-14,24,26-27H,4,6,12,15H2,1-3H3/b17-7+/t24-/m0/s1. The van der Waals surface area contributed by atoms with Crippen LogP contribution >= 0.6 is 0 Å². The van der Waals surface area contributed by atoms with Crippen LogP contribution in [-0.2, 0) is 6.42 Å². The van der Waals surface area contributed by atoms with Gasteiger partial charge in [-0.2, -0.15) is 0 Å². The molecule has 0 saturated heterocycles. The highest BCUT2D eigenvalue weighted by Gasteiger charge is 2.30. The van der Waals surface area contributed by atoms with E-state index in [1.807, 2.05) is 0 Å². The van der Waals surface area contributed by atoms with Crippen molar-refractivity contribution < 1.29 is 19.7 Å². The molecule has 0 aromatic heterocycles. The van der Waals surface area contributed by atoms with E-state index in [0.717, 1.165) is 18.4 Å². The third kappa shape index (κ3) is 5.08. The van der Waals surface area contributed by atoms with Gasteiger partial charge < -0.3 is 14.9 Å². The summed E-state index contributed by atoms with van der Waals surface area (Å²) in [4.78, 5) is 12.7. The van der Waals surface area contributed by atoms with Gasteiger partial charge in [0.15, 0.2) is 5.78 Å². The number of Topliss-reactive ketones (excluding diaryl/α,β-unsaturated/α-hetero) is 1. The molecule has 0 radical (unpaired) electrons. The van der Waals surface area contributed by atoms with Gasteiger partial charge in [-0.25, -0.2) is 0 Å². The first-order chi connectivity index (χ1) is 13.8. The lowest BCUT2D eigenvalue weighted by atomic mass is 9.93. The summed E-state index contributed by atoms with van der Waals surface area (Å²) in [6.45, 7) is 6.26. The summed E-state index contributed by atoms with van der Waals surface area (Å²) in [6, 6.07) is 9.89. The summed E-state index contributed by atoms with van der Waals surface area (Å²) in [5.74, 6) is 0.766. The molecule has 29 heavy (non-hydrogen) atoms. The maximum atomic E-state index is 12.7. The molecule has 1 aliphatic heterocycles. The van der Waals surface area contributed by atoms with Crippen molar-refractivity contribution in [1.29, 1.82) is 0 Å². The van der Waals surface area contributed by atoms with E-state index in [4.69, 9.17) is 4.74 Å². The molecule has 0 aliphatic carbocycles. The third-order valence-electron chi connectivity index (χ3n) is 5.18. The van der Waals surface area contributed by atoms with Gasteiger partial charge in [-0.15, -0.1) is 0 Å². The van der Waals surface area contributed by atoms with Gasteiger partial charge in [0.05, 0.1) is 12.0 Å². The zero-order chi connectivity index (χ0) is 21.0. The Kier molecular flexibility index (Phi) is 6.42. The van der Waals surface area contributed by atoms with Gasteiger partial charge in [-0.05, 0) is 69.9 Å². The van der Waals surface area contributed by atoms with Crippen LogP contribution in [0.4, 0.5) is 0 Å². The van der Waals surface area contributed by atoms with Gasteiger partial charge in [-0.3, -0.25) is 4.79 Å². The first-order valence-electron chi connectivity index (χ1n) is 9.97. The highest BCUT2D eigenvalue weighted by Crippen LogP contribution is 2.41. The minimum Gasteiger partial charge on any atom is -0.508 e. The Morgan fingerprint density at radius 1 is 1.07 bits per heavy atom. The predicted octanol–water partition coefficient (Wildman–Crippen LogP) is 6.04. The Bertz CT molecular complexity index is 948. The second kappa shape index (κ2) is 8.99. The van der Waals surface area contributed by atoms with E-state index in [-0.39, 0.29) is 23.7 Å². The molecule has 0 fully saturated rings. The van der Waals surface area contributed by atoms with Crippen LogP contribution in [0.3, 0.4) is 0 Å². The van der Waals surface area contributed by atoms with Crippen molar-refractivity contribution in [3.63, 3.8) is 0 Å². The summed E-state index contributed by atoms with van der Waals surface area (Å²) in [6.07, 6.45) is 6.55. The first-order valence-corrected chi connectivity index (χ1v) is 9.97. The number of hydrogen-bond acceptors (Lipinski definition) is 4. The fourth-order valence-corrected chi connectivity index (χ4v) is 3.47. The van der Waals surface area contributed by atoms with E-state index in [1.54, 1.807) is 36.4 Å². The van der Waals surface area contributed by atoms with Crippen LogP contribution < -0.4 is 4.74 Å². The first kappa shape index (κ1) is 20.7. The van der Waals surface area contributed by atoms with Gasteiger partial charge in [-0.1, -0.05) is 35.4 Å². The van der Waals surface area contributed by atoms with Gasteiger partial charge in [0.1, 0.15) is 23.4 Å². The minimum absolute atomic E-state index is 0.00478. The van der Waals surface area contributed by atoms with Crippen molar-refractivity contribution in [1.82, 2.24) is 0 Å². The second-order valence-corrected chi connectivity index (χ2v) is 7.84. The average molecular weight is 392 g/mol. The van der Waals surface area contributed by atoms with Crippen molar-refractivity contribution >= 4 is 5.78 Å². The minimum atomic E-state index is -0.432. The van der Waals surface area contributed by atoms with Crippen LogP contribution in [0.1, 0.15) is 67.6 Å². The fourth-order valence-electron chi connectivity index (χ4n) is 3.47. The summed E-state index contributed by atoms with van der Waals surface area (Å²) < 4.78 is 6.18. The van der Waals surface area contributed by atoms with E-state index in [2.05, 4.69) is 32.9 Å². The molecule has 2 aromatic carbocycles. The second-order valence-electron chi connectivity index (χ2n) is 7.84. The zero-order valence-electron chi connectivity index (χ0n) is 17.2. The summed E-state index contributed by atoms with van der Waals surface area (Å²) in [5, 5.41) is 20.0. The Morgan fingerprint density at radius 2 is 1.79 bits per heavy atom. The van der Waals surface area contributed by atoms with Gasteiger partial charge in [0.2, 0.25) is 0 Å². The maximum absolute atomic E-state index is 12.7. The Labute approximate surface area is 172 Å². The summed E-state index contributed by atoms with van der Waals surface area (Å²) >= 11 is 0. The lowest BCUT2D eigenvalue weighted by Gasteiger charge is -2.27. The van der Waals surface area contributed by atoms with Crippen molar-refractivity contribution in [2.75, 3.05) is 0 Å². The molecule has 0 amide bonds. The molecule has 2 aromatic rings. The number of hydrogen-bond donors (Lipinski definition) is 2. The van der Waals surface area contributed by atoms with Gasteiger partial charge in [0.25, 0.3) is 0 Å². The van der Waals surface area contributed by atoms with Crippen molar-refractivity contribution in [3.8, 4) is 17.2 Å². The Hall–Kier alpha value is -3.01. The third-order valence-corrected chi connectivity index (χ3v) is 5.18. The molecule has 2 N–H and O–H groups in total. The number of carbonyl (C=O) groups is 1. The lowest BCUT2D eigenvalue weighted by Crippen LogP contribution is -2.21. The molecule has 0 bridgehead atoms. The van der Waals surface area contributed by atoms with E-state index >= 15 is 0 Å². The molecule has 1 heterocycles. The Balaban J connectivity index is 1.85. The fraction of sp³-hybridized carbons (Fsp3) is 0.320. The summed E-state index contributed by atoms with van der Waals surface area (Å²) in [5.41, 5.74) is 4.52. The molecule has 4 heteroatoms. The SMILES string of the molecule is CC(C)=CCC/C(C)=C/Cc1c(O)ccc2c1O[C@H](c1ccc(O)cc1)CC2=O. The van der Waals surface area contributed by atoms with Crippen molar-refractivity contribution in [2.24, 2.45) is 0 Å². The molecule has 3 rings (SSSR count). The highest BCUT2D eigenvalue weighted by atomic mass is 16.5. The molecule has 0 spiro atoms. The molecule has 152 valence electrons. The van der Waals surface area contributed by atoms with Crippen LogP contribution in [0.2, 0.25) is 0 Å². The topological polar surface area (TPSA) is 66.8 Å². The number of rotatable bonds is 6. The van der Waals surface area contributed by atoms with E-state index in [0.29, 0.717) is 23.3 Å². The Morgan fingerprint density at radius 3 is 2.48 bits per heavy atom. The molecule has 1 atom stereocenters. The highest BCUT2D eigenvalue weighted by molar-refractivity contribution is 6.00. The van der Waals surface area contributed by atoms with Crippen LogP contribution in [0.15, 0.2) is 59.7 Å².